The fourth-order valence-corrected chi connectivity index (χ4v) is 3.50. The first-order valence-corrected chi connectivity index (χ1v) is 7.27. The lowest BCUT2D eigenvalue weighted by atomic mass is 9.94. The van der Waals surface area contributed by atoms with E-state index in [4.69, 9.17) is 0 Å². The molecule has 0 saturated heterocycles. The van der Waals surface area contributed by atoms with Crippen LogP contribution < -0.4 is 0 Å². The highest BCUT2D eigenvalue weighted by Crippen LogP contribution is 2.29. The van der Waals surface area contributed by atoms with E-state index in [1.165, 1.54) is 16.0 Å². The molecule has 0 aliphatic heterocycles. The Hall–Kier alpha value is -0.640. The lowest BCUT2D eigenvalue weighted by Gasteiger charge is -2.14. The second-order valence-corrected chi connectivity index (χ2v) is 6.04. The molecule has 0 fully saturated rings. The first-order chi connectivity index (χ1) is 8.20. The Morgan fingerprint density at radius 3 is 2.76 bits per heavy atom. The molecule has 1 aromatic heterocycles. The number of hydrogen-bond donors (Lipinski definition) is 1. The van der Waals surface area contributed by atoms with Crippen molar-refractivity contribution in [2.75, 3.05) is 6.61 Å². The predicted molar refractivity (Wildman–Crippen MR) is 76.7 cm³/mol. The maximum absolute atomic E-state index is 9.55. The van der Waals surface area contributed by atoms with Crippen molar-refractivity contribution in [3.63, 3.8) is 0 Å². The summed E-state index contributed by atoms with van der Waals surface area (Å²) in [4.78, 5) is 1.30. The maximum Gasteiger partial charge on any atom is 0.0503 e. The number of aliphatic hydroxyl groups excluding tert-OH is 1. The molecule has 1 heterocycles. The smallest absolute Gasteiger partial charge is 0.0503 e. The molecule has 90 valence electrons. The van der Waals surface area contributed by atoms with Crippen LogP contribution in [0, 0.1) is 6.92 Å². The third-order valence-electron chi connectivity index (χ3n) is 2.86. The van der Waals surface area contributed by atoms with Crippen LogP contribution in [0.3, 0.4) is 0 Å². The molecule has 3 heteroatoms. The Labute approximate surface area is 114 Å². The lowest BCUT2D eigenvalue weighted by molar-refractivity contribution is 0.265. The molecule has 0 radical (unpaired) electrons. The molecule has 17 heavy (non-hydrogen) atoms. The average molecular weight is 311 g/mol. The summed E-state index contributed by atoms with van der Waals surface area (Å²) in [7, 11) is 0. The zero-order valence-corrected chi connectivity index (χ0v) is 12.1. The molecule has 0 spiro atoms. The summed E-state index contributed by atoms with van der Waals surface area (Å²) >= 11 is 5.27. The first kappa shape index (κ1) is 12.8. The Balaban J connectivity index is 2.20. The van der Waals surface area contributed by atoms with E-state index in [-0.39, 0.29) is 12.5 Å². The summed E-state index contributed by atoms with van der Waals surface area (Å²) in [5.41, 5.74) is 2.46. The van der Waals surface area contributed by atoms with Crippen LogP contribution in [-0.2, 0) is 6.42 Å². The zero-order valence-electron chi connectivity index (χ0n) is 9.69. The van der Waals surface area contributed by atoms with Gasteiger partial charge in [0.25, 0.3) is 0 Å². The first-order valence-electron chi connectivity index (χ1n) is 5.60. The summed E-state index contributed by atoms with van der Waals surface area (Å²) in [6.45, 7) is 2.27. The van der Waals surface area contributed by atoms with Gasteiger partial charge in [-0.05, 0) is 46.3 Å². The second kappa shape index (κ2) is 5.80. The van der Waals surface area contributed by atoms with Crippen molar-refractivity contribution in [2.24, 2.45) is 0 Å². The van der Waals surface area contributed by atoms with E-state index in [1.807, 2.05) is 0 Å². The number of aryl methyl sites for hydroxylation is 1. The van der Waals surface area contributed by atoms with Crippen molar-refractivity contribution in [3.8, 4) is 0 Å². The highest BCUT2D eigenvalue weighted by Gasteiger charge is 2.14. The fourth-order valence-electron chi connectivity index (χ4n) is 1.91. The van der Waals surface area contributed by atoms with Crippen LogP contribution in [0.2, 0.25) is 0 Å². The van der Waals surface area contributed by atoms with Crippen molar-refractivity contribution in [1.29, 1.82) is 0 Å². The largest absolute Gasteiger partial charge is 0.396 e. The number of thiophene rings is 1. The Bertz CT molecular complexity index is 492. The molecule has 1 unspecified atom stereocenters. The van der Waals surface area contributed by atoms with Crippen LogP contribution in [0.4, 0.5) is 0 Å². The van der Waals surface area contributed by atoms with Gasteiger partial charge in [0.15, 0.2) is 0 Å². The maximum atomic E-state index is 9.55. The summed E-state index contributed by atoms with van der Waals surface area (Å²) in [5, 5.41) is 11.6. The molecular weight excluding hydrogens is 296 g/mol. The van der Waals surface area contributed by atoms with Gasteiger partial charge in [-0.3, -0.25) is 0 Å². The van der Waals surface area contributed by atoms with Gasteiger partial charge in [-0.25, -0.2) is 0 Å². The van der Waals surface area contributed by atoms with Gasteiger partial charge in [0.2, 0.25) is 0 Å². The molecule has 1 atom stereocenters. The second-order valence-electron chi connectivity index (χ2n) is 4.19. The Kier molecular flexibility index (Phi) is 4.37. The van der Waals surface area contributed by atoms with Gasteiger partial charge in [-0.1, -0.05) is 29.8 Å². The van der Waals surface area contributed by atoms with Crippen LogP contribution in [-0.4, -0.2) is 11.7 Å². The van der Waals surface area contributed by atoms with E-state index in [9.17, 15) is 5.11 Å². The fraction of sp³-hybridized carbons (Fsp3) is 0.286. The molecule has 2 rings (SSSR count). The lowest BCUT2D eigenvalue weighted by Crippen LogP contribution is -2.07. The van der Waals surface area contributed by atoms with Crippen LogP contribution in [0.25, 0.3) is 0 Å². The van der Waals surface area contributed by atoms with Crippen LogP contribution in [0.5, 0.6) is 0 Å². The Morgan fingerprint density at radius 2 is 2.18 bits per heavy atom. The summed E-state index contributed by atoms with van der Waals surface area (Å²) < 4.78 is 1.15. The number of aliphatic hydroxyl groups is 1. The van der Waals surface area contributed by atoms with Crippen LogP contribution in [0.15, 0.2) is 40.2 Å². The van der Waals surface area contributed by atoms with Crippen molar-refractivity contribution in [3.05, 3.63) is 56.2 Å². The van der Waals surface area contributed by atoms with Gasteiger partial charge in [0.1, 0.15) is 0 Å². The minimum absolute atomic E-state index is 0.185. The van der Waals surface area contributed by atoms with Gasteiger partial charge in [0, 0.05) is 15.3 Å². The van der Waals surface area contributed by atoms with E-state index in [2.05, 4.69) is 58.6 Å². The number of halogens is 1. The SMILES string of the molecule is Cc1cccc(C(CO)Cc2sccc2Br)c1. The van der Waals surface area contributed by atoms with Gasteiger partial charge in [-0.15, -0.1) is 11.3 Å². The highest BCUT2D eigenvalue weighted by molar-refractivity contribution is 9.10. The van der Waals surface area contributed by atoms with Crippen molar-refractivity contribution >= 4 is 27.3 Å². The average Bonchev–Trinajstić information content (AvgIpc) is 2.71. The molecule has 1 aromatic carbocycles. The third-order valence-corrected chi connectivity index (χ3v) is 4.81. The summed E-state index contributed by atoms with van der Waals surface area (Å²) in [5.74, 6) is 0.185. The standard InChI is InChI=1S/C14H15BrOS/c1-10-3-2-4-11(7-10)12(9-16)8-14-13(15)5-6-17-14/h2-7,12,16H,8-9H2,1H3. The molecule has 2 aromatic rings. The van der Waals surface area contributed by atoms with Crippen molar-refractivity contribution in [2.45, 2.75) is 19.3 Å². The normalized spacial score (nSPS) is 12.6. The van der Waals surface area contributed by atoms with E-state index in [0.29, 0.717) is 0 Å². The van der Waals surface area contributed by atoms with Crippen molar-refractivity contribution in [1.82, 2.24) is 0 Å². The third kappa shape index (κ3) is 3.18. The molecule has 1 N–H and O–H groups in total. The van der Waals surface area contributed by atoms with E-state index in [0.717, 1.165) is 10.9 Å². The Morgan fingerprint density at radius 1 is 1.35 bits per heavy atom. The van der Waals surface area contributed by atoms with Gasteiger partial charge >= 0.3 is 0 Å². The highest BCUT2D eigenvalue weighted by atomic mass is 79.9. The topological polar surface area (TPSA) is 20.2 Å². The summed E-state index contributed by atoms with van der Waals surface area (Å²) in [6.07, 6.45) is 0.887. The predicted octanol–water partition coefficient (Wildman–Crippen LogP) is 4.14. The van der Waals surface area contributed by atoms with Crippen LogP contribution in [0.1, 0.15) is 21.9 Å². The molecule has 0 aliphatic carbocycles. The van der Waals surface area contributed by atoms with Crippen molar-refractivity contribution < 1.29 is 5.11 Å². The number of hydrogen-bond acceptors (Lipinski definition) is 2. The van der Waals surface area contributed by atoms with Crippen LogP contribution >= 0.6 is 27.3 Å². The minimum atomic E-state index is 0.185. The number of benzene rings is 1. The molecule has 0 saturated carbocycles. The van der Waals surface area contributed by atoms with Gasteiger partial charge < -0.3 is 5.11 Å². The molecule has 1 nitrogen and oxygen atoms in total. The quantitative estimate of drug-likeness (QED) is 0.900. The van der Waals surface area contributed by atoms with E-state index < -0.39 is 0 Å². The van der Waals surface area contributed by atoms with Gasteiger partial charge in [-0.2, -0.15) is 0 Å². The monoisotopic (exact) mass is 310 g/mol. The zero-order chi connectivity index (χ0) is 12.3. The van der Waals surface area contributed by atoms with E-state index in [1.54, 1.807) is 11.3 Å². The van der Waals surface area contributed by atoms with Gasteiger partial charge in [0.05, 0.1) is 6.61 Å². The summed E-state index contributed by atoms with van der Waals surface area (Å²) in [6, 6.07) is 10.4. The molecule has 0 amide bonds. The molecule has 0 aliphatic rings. The number of rotatable bonds is 4. The minimum Gasteiger partial charge on any atom is -0.396 e. The van der Waals surface area contributed by atoms with E-state index >= 15 is 0 Å². The molecular formula is C14H15BrOS. The molecule has 0 bridgehead atoms.